The van der Waals surface area contributed by atoms with Crippen LogP contribution in [0.1, 0.15) is 11.3 Å². The summed E-state index contributed by atoms with van der Waals surface area (Å²) in [6.07, 6.45) is 1.28. The zero-order valence-electron chi connectivity index (χ0n) is 9.84. The molecule has 7 heteroatoms. The number of hydrogen-bond donors (Lipinski definition) is 3. The molecule has 4 N–H and O–H groups in total. The third-order valence-electron chi connectivity index (χ3n) is 2.55. The first-order valence-electron chi connectivity index (χ1n) is 5.35. The van der Waals surface area contributed by atoms with Crippen molar-refractivity contribution >= 4 is 15.7 Å². The van der Waals surface area contributed by atoms with Crippen molar-refractivity contribution in [1.82, 2.24) is 10.2 Å². The van der Waals surface area contributed by atoms with E-state index in [0.29, 0.717) is 11.4 Å². The van der Waals surface area contributed by atoms with Crippen LogP contribution < -0.4 is 10.5 Å². The average Bonchev–Trinajstić information content (AvgIpc) is 2.76. The first-order chi connectivity index (χ1) is 8.54. The molecular weight excluding hydrogens is 252 g/mol. The molecule has 0 bridgehead atoms. The molecule has 0 saturated carbocycles. The summed E-state index contributed by atoms with van der Waals surface area (Å²) in [7, 11) is -3.63. The van der Waals surface area contributed by atoms with Gasteiger partial charge >= 0.3 is 0 Å². The van der Waals surface area contributed by atoms with E-state index in [9.17, 15) is 8.42 Å². The number of nitrogens with two attached hydrogens (primary N) is 1. The minimum atomic E-state index is -3.63. The molecule has 1 aromatic heterocycles. The van der Waals surface area contributed by atoms with Gasteiger partial charge in [-0.1, -0.05) is 18.2 Å². The minimum absolute atomic E-state index is 0.134. The van der Waals surface area contributed by atoms with Crippen LogP contribution in [0.2, 0.25) is 0 Å². The molecule has 18 heavy (non-hydrogen) atoms. The lowest BCUT2D eigenvalue weighted by molar-refractivity contribution is 0.600. The number of sulfonamides is 1. The Morgan fingerprint density at radius 3 is 2.72 bits per heavy atom. The molecule has 0 aliphatic heterocycles. The van der Waals surface area contributed by atoms with Gasteiger partial charge < -0.3 is 5.73 Å². The van der Waals surface area contributed by atoms with Gasteiger partial charge in [0.15, 0.2) is 0 Å². The SMILES string of the molecule is Cc1[nH]ncc1S(=O)(=O)Nc1ccccc1CN. The van der Waals surface area contributed by atoms with Crippen molar-refractivity contribution in [3.8, 4) is 0 Å². The monoisotopic (exact) mass is 266 g/mol. The maximum Gasteiger partial charge on any atom is 0.265 e. The van der Waals surface area contributed by atoms with Crippen LogP contribution in [-0.4, -0.2) is 18.6 Å². The summed E-state index contributed by atoms with van der Waals surface area (Å²) in [6.45, 7) is 1.92. The number of rotatable bonds is 4. The van der Waals surface area contributed by atoms with Crippen molar-refractivity contribution in [2.24, 2.45) is 5.73 Å². The predicted molar refractivity (Wildman–Crippen MR) is 68.5 cm³/mol. The van der Waals surface area contributed by atoms with Crippen LogP contribution in [0, 0.1) is 6.92 Å². The number of aryl methyl sites for hydroxylation is 1. The molecule has 0 aliphatic carbocycles. The van der Waals surface area contributed by atoms with Crippen LogP contribution in [-0.2, 0) is 16.6 Å². The number of benzene rings is 1. The maximum absolute atomic E-state index is 12.1. The Morgan fingerprint density at radius 2 is 2.11 bits per heavy atom. The lowest BCUT2D eigenvalue weighted by atomic mass is 10.2. The fourth-order valence-electron chi connectivity index (χ4n) is 1.61. The molecule has 0 unspecified atom stereocenters. The van der Waals surface area contributed by atoms with Crippen LogP contribution in [0.3, 0.4) is 0 Å². The van der Waals surface area contributed by atoms with Crippen molar-refractivity contribution in [3.63, 3.8) is 0 Å². The van der Waals surface area contributed by atoms with Gasteiger partial charge in [-0.15, -0.1) is 0 Å². The van der Waals surface area contributed by atoms with Crippen LogP contribution in [0.15, 0.2) is 35.4 Å². The molecule has 1 heterocycles. The average molecular weight is 266 g/mol. The second kappa shape index (κ2) is 4.79. The van der Waals surface area contributed by atoms with E-state index in [0.717, 1.165) is 5.56 Å². The standard InChI is InChI=1S/C11H14N4O2S/c1-8-11(7-13-14-8)18(16,17)15-10-5-3-2-4-9(10)6-12/h2-5,7,15H,6,12H2,1H3,(H,13,14). The molecule has 0 radical (unpaired) electrons. The second-order valence-corrected chi connectivity index (χ2v) is 5.48. The molecule has 96 valence electrons. The van der Waals surface area contributed by atoms with Gasteiger partial charge in [0.1, 0.15) is 4.90 Å². The molecule has 0 amide bonds. The van der Waals surface area contributed by atoms with Crippen molar-refractivity contribution in [1.29, 1.82) is 0 Å². The fourth-order valence-corrected chi connectivity index (χ4v) is 2.85. The molecule has 0 spiro atoms. The van der Waals surface area contributed by atoms with Crippen LogP contribution in [0.5, 0.6) is 0 Å². The number of nitrogens with one attached hydrogen (secondary N) is 2. The topological polar surface area (TPSA) is 101 Å². The Bertz CT molecular complexity index is 649. The van der Waals surface area contributed by atoms with Gasteiger partial charge in [0.05, 0.1) is 17.6 Å². The molecule has 0 aliphatic rings. The molecule has 2 aromatic rings. The molecule has 0 saturated heterocycles. The Kier molecular flexibility index (Phi) is 3.35. The number of aromatic amines is 1. The van der Waals surface area contributed by atoms with Gasteiger partial charge in [0.25, 0.3) is 10.0 Å². The zero-order chi connectivity index (χ0) is 13.2. The lowest BCUT2D eigenvalue weighted by Gasteiger charge is -2.10. The van der Waals surface area contributed by atoms with E-state index in [4.69, 9.17) is 5.73 Å². The fraction of sp³-hybridized carbons (Fsp3) is 0.182. The first kappa shape index (κ1) is 12.6. The van der Waals surface area contributed by atoms with Gasteiger partial charge in [-0.2, -0.15) is 5.10 Å². The number of H-pyrrole nitrogens is 1. The highest BCUT2D eigenvalue weighted by molar-refractivity contribution is 7.92. The number of para-hydroxylation sites is 1. The van der Waals surface area contributed by atoms with Crippen LogP contribution in [0.25, 0.3) is 0 Å². The minimum Gasteiger partial charge on any atom is -0.326 e. The Labute approximate surface area is 105 Å². The van der Waals surface area contributed by atoms with Crippen LogP contribution in [0.4, 0.5) is 5.69 Å². The lowest BCUT2D eigenvalue weighted by Crippen LogP contribution is -2.15. The normalized spacial score (nSPS) is 11.4. The van der Waals surface area contributed by atoms with Gasteiger partial charge in [-0.05, 0) is 18.6 Å². The third kappa shape index (κ3) is 2.36. The number of nitrogens with zero attached hydrogens (tertiary/aromatic N) is 1. The van der Waals surface area contributed by atoms with Gasteiger partial charge in [0, 0.05) is 6.54 Å². The molecular formula is C11H14N4O2S. The largest absolute Gasteiger partial charge is 0.326 e. The van der Waals surface area contributed by atoms with Gasteiger partial charge in [0.2, 0.25) is 0 Å². The second-order valence-electron chi connectivity index (χ2n) is 3.83. The van der Waals surface area contributed by atoms with E-state index in [2.05, 4.69) is 14.9 Å². The summed E-state index contributed by atoms with van der Waals surface area (Å²) >= 11 is 0. The van der Waals surface area contributed by atoms with E-state index in [1.807, 2.05) is 6.07 Å². The van der Waals surface area contributed by atoms with E-state index in [1.54, 1.807) is 25.1 Å². The number of anilines is 1. The summed E-state index contributed by atoms with van der Waals surface area (Å²) < 4.78 is 26.8. The summed E-state index contributed by atoms with van der Waals surface area (Å²) in [4.78, 5) is 0.134. The molecule has 0 atom stereocenters. The van der Waals surface area contributed by atoms with Crippen molar-refractivity contribution in [2.75, 3.05) is 4.72 Å². The molecule has 2 rings (SSSR count). The summed E-state index contributed by atoms with van der Waals surface area (Å²) in [5, 5.41) is 6.30. The van der Waals surface area contributed by atoms with Crippen LogP contribution >= 0.6 is 0 Å². The zero-order valence-corrected chi connectivity index (χ0v) is 10.7. The quantitative estimate of drug-likeness (QED) is 0.767. The molecule has 1 aromatic carbocycles. The van der Waals surface area contributed by atoms with E-state index >= 15 is 0 Å². The Hall–Kier alpha value is -1.86. The predicted octanol–water partition coefficient (Wildman–Crippen LogP) is 0.978. The first-order valence-corrected chi connectivity index (χ1v) is 6.83. The highest BCUT2D eigenvalue weighted by Gasteiger charge is 2.19. The van der Waals surface area contributed by atoms with Gasteiger partial charge in [-0.3, -0.25) is 9.82 Å². The van der Waals surface area contributed by atoms with E-state index < -0.39 is 10.0 Å². The molecule has 6 nitrogen and oxygen atoms in total. The Morgan fingerprint density at radius 1 is 1.39 bits per heavy atom. The number of aromatic nitrogens is 2. The van der Waals surface area contributed by atoms with Crippen molar-refractivity contribution < 1.29 is 8.42 Å². The highest BCUT2D eigenvalue weighted by Crippen LogP contribution is 2.20. The van der Waals surface area contributed by atoms with Crippen molar-refractivity contribution in [3.05, 3.63) is 41.7 Å². The van der Waals surface area contributed by atoms with Crippen molar-refractivity contribution in [2.45, 2.75) is 18.4 Å². The third-order valence-corrected chi connectivity index (χ3v) is 4.03. The summed E-state index contributed by atoms with van der Waals surface area (Å²) in [5.41, 5.74) is 7.28. The number of hydrogen-bond acceptors (Lipinski definition) is 4. The highest BCUT2D eigenvalue weighted by atomic mass is 32.2. The maximum atomic E-state index is 12.1. The Balaban J connectivity index is 2.37. The van der Waals surface area contributed by atoms with E-state index in [1.165, 1.54) is 6.20 Å². The molecule has 0 fully saturated rings. The smallest absolute Gasteiger partial charge is 0.265 e. The summed E-state index contributed by atoms with van der Waals surface area (Å²) in [6, 6.07) is 7.01. The van der Waals surface area contributed by atoms with E-state index in [-0.39, 0.29) is 11.4 Å². The van der Waals surface area contributed by atoms with Gasteiger partial charge in [-0.25, -0.2) is 8.42 Å². The summed E-state index contributed by atoms with van der Waals surface area (Å²) in [5.74, 6) is 0.